The molecule has 6 heteroatoms. The molecule has 0 aliphatic rings. The lowest BCUT2D eigenvalue weighted by molar-refractivity contribution is 0.0521. The molecule has 0 N–H and O–H groups in total. The van der Waals surface area contributed by atoms with Crippen LogP contribution >= 0.6 is 11.8 Å². The number of halogens is 1. The first-order chi connectivity index (χ1) is 7.24. The second-order valence-corrected chi connectivity index (χ2v) is 3.14. The summed E-state index contributed by atoms with van der Waals surface area (Å²) in [5, 5.41) is 4.59. The first-order valence-corrected chi connectivity index (χ1v) is 4.74. The summed E-state index contributed by atoms with van der Waals surface area (Å²) in [6, 6.07) is 1.73. The molecule has 0 fully saturated rings. The van der Waals surface area contributed by atoms with E-state index in [1.807, 2.05) is 0 Å². The SMILES string of the molecule is CCOC(=O)c1nccc2cnn(Cl)c12. The molecule has 0 saturated carbocycles. The maximum atomic E-state index is 11.5. The van der Waals surface area contributed by atoms with Crippen molar-refractivity contribution in [3.63, 3.8) is 0 Å². The van der Waals surface area contributed by atoms with Crippen molar-refractivity contribution < 1.29 is 9.53 Å². The summed E-state index contributed by atoms with van der Waals surface area (Å²) in [7, 11) is 0. The lowest BCUT2D eigenvalue weighted by Gasteiger charge is -2.02. The molecule has 0 aromatic carbocycles. The summed E-state index contributed by atoms with van der Waals surface area (Å²) >= 11 is 5.78. The maximum absolute atomic E-state index is 11.5. The fourth-order valence-corrected chi connectivity index (χ4v) is 1.51. The van der Waals surface area contributed by atoms with Crippen molar-refractivity contribution in [1.29, 1.82) is 0 Å². The van der Waals surface area contributed by atoms with Crippen molar-refractivity contribution in [2.45, 2.75) is 6.92 Å². The van der Waals surface area contributed by atoms with Gasteiger partial charge in [-0.15, -0.1) is 0 Å². The van der Waals surface area contributed by atoms with Crippen molar-refractivity contribution >= 4 is 28.6 Å². The molecule has 2 heterocycles. The van der Waals surface area contributed by atoms with Gasteiger partial charge in [-0.3, -0.25) is 0 Å². The summed E-state index contributed by atoms with van der Waals surface area (Å²) in [6.45, 7) is 2.03. The number of aromatic nitrogens is 3. The predicted octanol–water partition coefficient (Wildman–Crippen LogP) is 1.61. The number of ether oxygens (including phenoxy) is 1. The number of hydrogen-bond donors (Lipinski definition) is 0. The van der Waals surface area contributed by atoms with Crippen LogP contribution in [-0.2, 0) is 4.74 Å². The van der Waals surface area contributed by atoms with Crippen LogP contribution in [-0.4, -0.2) is 26.9 Å². The van der Waals surface area contributed by atoms with E-state index in [0.29, 0.717) is 12.1 Å². The number of carbonyl (C=O) groups excluding carboxylic acids is 1. The lowest BCUT2D eigenvalue weighted by atomic mass is 10.2. The Hall–Kier alpha value is -1.62. The number of nitrogens with zero attached hydrogens (tertiary/aromatic N) is 3. The first-order valence-electron chi connectivity index (χ1n) is 4.40. The zero-order valence-electron chi connectivity index (χ0n) is 7.98. The molecule has 0 amide bonds. The Morgan fingerprint density at radius 1 is 1.67 bits per heavy atom. The summed E-state index contributed by atoms with van der Waals surface area (Å²) in [6.07, 6.45) is 3.08. The molecule has 0 saturated heterocycles. The van der Waals surface area contributed by atoms with Gasteiger partial charge in [0.2, 0.25) is 0 Å². The standard InChI is InChI=1S/C9H8ClN3O2/c1-2-15-9(14)7-8-6(3-4-11-7)5-12-13(8)10/h3-5H,2H2,1H3. The minimum absolute atomic E-state index is 0.182. The molecular weight excluding hydrogens is 218 g/mol. The van der Waals surface area contributed by atoms with Crippen LogP contribution in [0.1, 0.15) is 17.4 Å². The molecule has 0 bridgehead atoms. The quantitative estimate of drug-likeness (QED) is 0.729. The van der Waals surface area contributed by atoms with E-state index in [2.05, 4.69) is 10.1 Å². The molecule has 2 aromatic rings. The highest BCUT2D eigenvalue weighted by molar-refractivity contribution is 6.19. The van der Waals surface area contributed by atoms with E-state index in [9.17, 15) is 4.79 Å². The van der Waals surface area contributed by atoms with E-state index >= 15 is 0 Å². The highest BCUT2D eigenvalue weighted by Gasteiger charge is 2.16. The molecule has 15 heavy (non-hydrogen) atoms. The summed E-state index contributed by atoms with van der Waals surface area (Å²) in [5.41, 5.74) is 0.652. The second kappa shape index (κ2) is 3.86. The first kappa shape index (κ1) is 9.92. The Morgan fingerprint density at radius 3 is 3.20 bits per heavy atom. The Morgan fingerprint density at radius 2 is 2.47 bits per heavy atom. The zero-order chi connectivity index (χ0) is 10.8. The van der Waals surface area contributed by atoms with E-state index < -0.39 is 5.97 Å². The van der Waals surface area contributed by atoms with E-state index in [-0.39, 0.29) is 5.69 Å². The van der Waals surface area contributed by atoms with Gasteiger partial charge in [0.1, 0.15) is 5.52 Å². The zero-order valence-corrected chi connectivity index (χ0v) is 8.73. The van der Waals surface area contributed by atoms with Gasteiger partial charge in [-0.2, -0.15) is 9.30 Å². The maximum Gasteiger partial charge on any atom is 0.359 e. The number of pyridine rings is 1. The largest absolute Gasteiger partial charge is 0.461 e. The van der Waals surface area contributed by atoms with Gasteiger partial charge in [-0.05, 0) is 13.0 Å². The molecule has 0 radical (unpaired) electrons. The number of hydrogen-bond acceptors (Lipinski definition) is 4. The summed E-state index contributed by atoms with van der Waals surface area (Å²) in [5.74, 6) is -0.495. The topological polar surface area (TPSA) is 57.0 Å². The van der Waals surface area contributed by atoms with Gasteiger partial charge in [-0.1, -0.05) is 0 Å². The smallest absolute Gasteiger partial charge is 0.359 e. The van der Waals surface area contributed by atoms with E-state index in [4.69, 9.17) is 16.5 Å². The molecule has 78 valence electrons. The minimum Gasteiger partial charge on any atom is -0.461 e. The van der Waals surface area contributed by atoms with Crippen LogP contribution in [0.3, 0.4) is 0 Å². The molecule has 0 aliphatic carbocycles. The third-order valence-corrected chi connectivity index (χ3v) is 2.16. The number of rotatable bonds is 2. The number of fused-ring (bicyclic) bond motifs is 1. The molecule has 0 aliphatic heterocycles. The predicted molar refractivity (Wildman–Crippen MR) is 54.7 cm³/mol. The van der Waals surface area contributed by atoms with Crippen molar-refractivity contribution in [1.82, 2.24) is 14.3 Å². The molecule has 5 nitrogen and oxygen atoms in total. The number of carbonyl (C=O) groups is 1. The normalized spacial score (nSPS) is 10.5. The van der Waals surface area contributed by atoms with Gasteiger partial charge >= 0.3 is 5.97 Å². The molecule has 0 unspecified atom stereocenters. The van der Waals surface area contributed by atoms with Gasteiger partial charge in [0, 0.05) is 23.4 Å². The third-order valence-electron chi connectivity index (χ3n) is 1.91. The monoisotopic (exact) mass is 225 g/mol. The molecule has 0 spiro atoms. The van der Waals surface area contributed by atoms with E-state index in [1.54, 1.807) is 19.2 Å². The molecule has 2 rings (SSSR count). The van der Waals surface area contributed by atoms with Crippen LogP contribution in [0.15, 0.2) is 18.5 Å². The Balaban J connectivity index is 2.59. The third kappa shape index (κ3) is 1.66. The second-order valence-electron chi connectivity index (χ2n) is 2.82. The minimum atomic E-state index is -0.495. The van der Waals surface area contributed by atoms with Crippen LogP contribution < -0.4 is 0 Å². The van der Waals surface area contributed by atoms with Gasteiger partial charge in [0.15, 0.2) is 5.69 Å². The van der Waals surface area contributed by atoms with Crippen LogP contribution in [0.5, 0.6) is 0 Å². The molecule has 0 atom stereocenters. The average Bonchev–Trinajstić information content (AvgIpc) is 2.61. The van der Waals surface area contributed by atoms with Crippen molar-refractivity contribution in [3.8, 4) is 0 Å². The van der Waals surface area contributed by atoms with Crippen LogP contribution in [0.2, 0.25) is 0 Å². The fourth-order valence-electron chi connectivity index (χ4n) is 1.29. The summed E-state index contributed by atoms with van der Waals surface area (Å²) < 4.78 is 5.95. The van der Waals surface area contributed by atoms with Gasteiger partial charge in [0.05, 0.1) is 12.8 Å². The van der Waals surface area contributed by atoms with Crippen molar-refractivity contribution in [2.24, 2.45) is 0 Å². The van der Waals surface area contributed by atoms with Crippen LogP contribution in [0.4, 0.5) is 0 Å². The van der Waals surface area contributed by atoms with Crippen molar-refractivity contribution in [3.05, 3.63) is 24.2 Å². The highest BCUT2D eigenvalue weighted by Crippen LogP contribution is 2.17. The lowest BCUT2D eigenvalue weighted by Crippen LogP contribution is -2.08. The van der Waals surface area contributed by atoms with Gasteiger partial charge < -0.3 is 4.74 Å². The van der Waals surface area contributed by atoms with Gasteiger partial charge in [0.25, 0.3) is 0 Å². The van der Waals surface area contributed by atoms with Crippen LogP contribution in [0, 0.1) is 0 Å². The fraction of sp³-hybridized carbons (Fsp3) is 0.222. The van der Waals surface area contributed by atoms with Crippen molar-refractivity contribution in [2.75, 3.05) is 6.61 Å². The highest BCUT2D eigenvalue weighted by atomic mass is 35.5. The summed E-state index contributed by atoms with van der Waals surface area (Å²) in [4.78, 5) is 15.5. The van der Waals surface area contributed by atoms with Crippen LogP contribution in [0.25, 0.3) is 10.9 Å². The molecule has 2 aromatic heterocycles. The average molecular weight is 226 g/mol. The Kier molecular flexibility index (Phi) is 2.55. The number of esters is 1. The molecular formula is C9H8ClN3O2. The Bertz CT molecular complexity index is 509. The Labute approximate surface area is 90.7 Å². The van der Waals surface area contributed by atoms with Gasteiger partial charge in [-0.25, -0.2) is 9.78 Å². The van der Waals surface area contributed by atoms with E-state index in [1.165, 1.54) is 6.20 Å². The van der Waals surface area contributed by atoms with E-state index in [0.717, 1.165) is 9.59 Å².